The second-order valence-electron chi connectivity index (χ2n) is 6.96. The molecule has 0 aliphatic carbocycles. The quantitative estimate of drug-likeness (QED) is 0.300. The van der Waals surface area contributed by atoms with Crippen LogP contribution in [0.1, 0.15) is 23.6 Å². The summed E-state index contributed by atoms with van der Waals surface area (Å²) in [5.74, 6) is -1.47. The molecule has 1 amide bonds. The first-order chi connectivity index (χ1) is 14.9. The summed E-state index contributed by atoms with van der Waals surface area (Å²) in [7, 11) is 4.53. The van der Waals surface area contributed by atoms with Gasteiger partial charge in [-0.3, -0.25) is 9.59 Å². The molecule has 2 aromatic carbocycles. The molecule has 164 valence electrons. The molecule has 1 fully saturated rings. The maximum absolute atomic E-state index is 13.3. The van der Waals surface area contributed by atoms with Crippen LogP contribution in [0.3, 0.4) is 0 Å². The van der Waals surface area contributed by atoms with Gasteiger partial charge in [0.1, 0.15) is 11.6 Å². The number of hydrogen-bond donors (Lipinski definition) is 1. The van der Waals surface area contributed by atoms with Gasteiger partial charge in [0.25, 0.3) is 11.7 Å². The Kier molecular flexibility index (Phi) is 6.91. The van der Waals surface area contributed by atoms with Gasteiger partial charge < -0.3 is 24.2 Å². The van der Waals surface area contributed by atoms with Gasteiger partial charge in [0.2, 0.25) is 0 Å². The average Bonchev–Trinajstić information content (AvgIpc) is 3.03. The van der Waals surface area contributed by atoms with Crippen molar-refractivity contribution >= 4 is 17.4 Å². The third-order valence-electron chi connectivity index (χ3n) is 5.13. The third-order valence-corrected chi connectivity index (χ3v) is 5.13. The van der Waals surface area contributed by atoms with Crippen molar-refractivity contribution in [3.05, 3.63) is 65.0 Å². The van der Waals surface area contributed by atoms with Crippen LogP contribution in [0.2, 0.25) is 0 Å². The predicted molar refractivity (Wildman–Crippen MR) is 111 cm³/mol. The van der Waals surface area contributed by atoms with Gasteiger partial charge in [-0.05, 0) is 48.4 Å². The highest BCUT2D eigenvalue weighted by molar-refractivity contribution is 6.46. The van der Waals surface area contributed by atoms with E-state index in [1.54, 1.807) is 25.3 Å². The number of rotatable bonds is 8. The smallest absolute Gasteiger partial charge is 0.295 e. The van der Waals surface area contributed by atoms with Gasteiger partial charge >= 0.3 is 0 Å². The monoisotopic (exact) mass is 429 g/mol. The lowest BCUT2D eigenvalue weighted by atomic mass is 9.95. The van der Waals surface area contributed by atoms with Crippen LogP contribution >= 0.6 is 0 Å². The SMILES string of the molecule is COCCCN1C(=O)C(=O)/C(=C(/O)c2ccc(F)cc2)C1c1ccc(OC)c(OC)c1. The number of hydrogen-bond acceptors (Lipinski definition) is 6. The minimum absolute atomic E-state index is 0.0683. The average molecular weight is 429 g/mol. The van der Waals surface area contributed by atoms with E-state index in [-0.39, 0.29) is 23.4 Å². The molecule has 0 saturated carbocycles. The number of Topliss-reactive ketones (excluding diaryl/α,β-unsaturated/α-hetero) is 1. The molecule has 0 aromatic heterocycles. The van der Waals surface area contributed by atoms with Gasteiger partial charge in [0.15, 0.2) is 11.5 Å². The molecule has 3 rings (SSSR count). The number of benzene rings is 2. The first-order valence-electron chi connectivity index (χ1n) is 9.68. The highest BCUT2D eigenvalue weighted by Gasteiger charge is 2.46. The summed E-state index contributed by atoms with van der Waals surface area (Å²) in [6.07, 6.45) is 0.504. The molecule has 0 bridgehead atoms. The Balaban J connectivity index is 2.15. The molecule has 1 atom stereocenters. The lowest BCUT2D eigenvalue weighted by molar-refractivity contribution is -0.140. The molecule has 31 heavy (non-hydrogen) atoms. The van der Waals surface area contributed by atoms with Gasteiger partial charge in [0, 0.05) is 25.8 Å². The van der Waals surface area contributed by atoms with Crippen molar-refractivity contribution in [3.8, 4) is 11.5 Å². The summed E-state index contributed by atoms with van der Waals surface area (Å²) < 4.78 is 29.0. The number of nitrogens with zero attached hydrogens (tertiary/aromatic N) is 1. The number of ether oxygens (including phenoxy) is 3. The lowest BCUT2D eigenvalue weighted by Gasteiger charge is -2.26. The van der Waals surface area contributed by atoms with Crippen molar-refractivity contribution < 1.29 is 33.3 Å². The Bertz CT molecular complexity index is 1000. The van der Waals surface area contributed by atoms with E-state index in [2.05, 4.69) is 0 Å². The molecule has 1 aliphatic rings. The Morgan fingerprint density at radius 1 is 1.03 bits per heavy atom. The molecule has 0 radical (unpaired) electrons. The van der Waals surface area contributed by atoms with E-state index in [9.17, 15) is 19.1 Å². The summed E-state index contributed by atoms with van der Waals surface area (Å²) in [6.45, 7) is 0.650. The summed E-state index contributed by atoms with van der Waals surface area (Å²) in [5.41, 5.74) is 0.737. The summed E-state index contributed by atoms with van der Waals surface area (Å²) >= 11 is 0. The maximum atomic E-state index is 13.3. The van der Waals surface area contributed by atoms with Crippen molar-refractivity contribution in [1.29, 1.82) is 0 Å². The number of likely N-dealkylation sites (tertiary alicyclic amines) is 1. The van der Waals surface area contributed by atoms with Crippen LogP contribution in [-0.2, 0) is 14.3 Å². The summed E-state index contributed by atoms with van der Waals surface area (Å²) in [5, 5.41) is 10.9. The topological polar surface area (TPSA) is 85.3 Å². The van der Waals surface area contributed by atoms with E-state index in [4.69, 9.17) is 14.2 Å². The molecule has 8 heteroatoms. The zero-order valence-electron chi connectivity index (χ0n) is 17.6. The fourth-order valence-corrected chi connectivity index (χ4v) is 3.62. The predicted octanol–water partition coefficient (Wildman–Crippen LogP) is 3.30. The highest BCUT2D eigenvalue weighted by atomic mass is 19.1. The van der Waals surface area contributed by atoms with Gasteiger partial charge in [-0.1, -0.05) is 6.07 Å². The fraction of sp³-hybridized carbons (Fsp3) is 0.304. The molecule has 2 aromatic rings. The summed E-state index contributed by atoms with van der Waals surface area (Å²) in [6, 6.07) is 9.26. The van der Waals surface area contributed by atoms with Crippen molar-refractivity contribution in [2.24, 2.45) is 0 Å². The first-order valence-corrected chi connectivity index (χ1v) is 9.68. The second kappa shape index (κ2) is 9.61. The molecular formula is C23H24FNO6. The van der Waals surface area contributed by atoms with Crippen LogP contribution in [0.4, 0.5) is 4.39 Å². The minimum atomic E-state index is -0.846. The standard InChI is InChI=1S/C23H24FNO6/c1-29-12-4-11-25-20(15-7-10-17(30-2)18(13-15)31-3)19(22(27)23(25)28)21(26)14-5-8-16(24)9-6-14/h5-10,13,20,26H,4,11-12H2,1-3H3/b21-19+. The Labute approximate surface area is 179 Å². The lowest BCUT2D eigenvalue weighted by Crippen LogP contribution is -2.31. The van der Waals surface area contributed by atoms with E-state index in [1.807, 2.05) is 0 Å². The van der Waals surface area contributed by atoms with E-state index < -0.39 is 23.5 Å². The molecular weight excluding hydrogens is 405 g/mol. The number of ketones is 1. The van der Waals surface area contributed by atoms with Gasteiger partial charge in [-0.15, -0.1) is 0 Å². The van der Waals surface area contributed by atoms with E-state index in [1.165, 1.54) is 43.4 Å². The van der Waals surface area contributed by atoms with Crippen LogP contribution in [0.25, 0.3) is 5.76 Å². The van der Waals surface area contributed by atoms with Crippen LogP contribution in [0, 0.1) is 5.82 Å². The number of methoxy groups -OCH3 is 3. The molecule has 1 saturated heterocycles. The fourth-order valence-electron chi connectivity index (χ4n) is 3.62. The molecule has 1 heterocycles. The number of aliphatic hydroxyl groups excluding tert-OH is 1. The number of carbonyl (C=O) groups excluding carboxylic acids is 2. The molecule has 1 aliphatic heterocycles. The van der Waals surface area contributed by atoms with Gasteiger partial charge in [0.05, 0.1) is 25.8 Å². The minimum Gasteiger partial charge on any atom is -0.507 e. The molecule has 0 spiro atoms. The van der Waals surface area contributed by atoms with Crippen molar-refractivity contribution in [1.82, 2.24) is 4.90 Å². The third kappa shape index (κ3) is 4.39. The van der Waals surface area contributed by atoms with Crippen molar-refractivity contribution in [2.75, 3.05) is 34.5 Å². The first kappa shape index (κ1) is 22.3. The van der Waals surface area contributed by atoms with Crippen molar-refractivity contribution in [3.63, 3.8) is 0 Å². The van der Waals surface area contributed by atoms with Crippen LogP contribution in [0.5, 0.6) is 11.5 Å². The zero-order chi connectivity index (χ0) is 22.5. The number of carbonyl (C=O) groups is 2. The van der Waals surface area contributed by atoms with Gasteiger partial charge in [-0.25, -0.2) is 4.39 Å². The number of amides is 1. The van der Waals surface area contributed by atoms with Crippen LogP contribution < -0.4 is 9.47 Å². The second-order valence-corrected chi connectivity index (χ2v) is 6.96. The maximum Gasteiger partial charge on any atom is 0.295 e. The summed E-state index contributed by atoms with van der Waals surface area (Å²) in [4.78, 5) is 27.2. The number of aliphatic hydroxyl groups is 1. The highest BCUT2D eigenvalue weighted by Crippen LogP contribution is 2.42. The Hall–Kier alpha value is -3.39. The molecule has 7 nitrogen and oxygen atoms in total. The molecule has 1 unspecified atom stereocenters. The van der Waals surface area contributed by atoms with Crippen molar-refractivity contribution in [2.45, 2.75) is 12.5 Å². The van der Waals surface area contributed by atoms with E-state index in [0.717, 1.165) is 0 Å². The Morgan fingerprint density at radius 2 is 1.71 bits per heavy atom. The Morgan fingerprint density at radius 3 is 2.32 bits per heavy atom. The van der Waals surface area contributed by atoms with Crippen LogP contribution in [0.15, 0.2) is 48.0 Å². The number of halogens is 1. The van der Waals surface area contributed by atoms with Gasteiger partial charge in [-0.2, -0.15) is 0 Å². The van der Waals surface area contributed by atoms with E-state index in [0.29, 0.717) is 30.1 Å². The zero-order valence-corrected chi connectivity index (χ0v) is 17.6. The van der Waals surface area contributed by atoms with E-state index >= 15 is 0 Å². The largest absolute Gasteiger partial charge is 0.507 e. The normalized spacial score (nSPS) is 17.8. The molecule has 1 N–H and O–H groups in total. The van der Waals surface area contributed by atoms with Crippen LogP contribution in [-0.4, -0.2) is 56.2 Å².